The highest BCUT2D eigenvalue weighted by atomic mass is 35.5. The molecule has 4 rings (SSSR count). The first-order valence-corrected chi connectivity index (χ1v) is 9.91. The van der Waals surface area contributed by atoms with E-state index in [4.69, 9.17) is 28.3 Å². The molecule has 0 aliphatic heterocycles. The standard InChI is InChI=1S/C24H20Cl2N2/c1-16-3-7-18(8-4-16)23-14-24(19-9-5-17(2)6-10-19)28(27-23)15-20-11-12-21(25)13-22(20)26/h3-14H,15H2,1-2H3. The number of benzene rings is 3. The first-order valence-electron chi connectivity index (χ1n) is 9.15. The van der Waals surface area contributed by atoms with Crippen molar-refractivity contribution in [2.75, 3.05) is 0 Å². The van der Waals surface area contributed by atoms with Gasteiger partial charge in [-0.25, -0.2) is 0 Å². The molecule has 28 heavy (non-hydrogen) atoms. The lowest BCUT2D eigenvalue weighted by atomic mass is 10.1. The van der Waals surface area contributed by atoms with Crippen LogP contribution in [0.25, 0.3) is 22.5 Å². The summed E-state index contributed by atoms with van der Waals surface area (Å²) in [5.41, 5.74) is 7.67. The van der Waals surface area contributed by atoms with Gasteiger partial charge in [-0.2, -0.15) is 5.10 Å². The van der Waals surface area contributed by atoms with Crippen LogP contribution in [-0.4, -0.2) is 9.78 Å². The van der Waals surface area contributed by atoms with Gasteiger partial charge in [0, 0.05) is 15.6 Å². The maximum atomic E-state index is 6.41. The van der Waals surface area contributed by atoms with Crippen LogP contribution in [0.5, 0.6) is 0 Å². The predicted octanol–water partition coefficient (Wildman–Crippen LogP) is 7.19. The molecule has 0 aliphatic carbocycles. The number of aryl methyl sites for hydroxylation is 2. The molecule has 4 aromatic rings. The van der Waals surface area contributed by atoms with E-state index in [9.17, 15) is 0 Å². The molecule has 0 unspecified atom stereocenters. The summed E-state index contributed by atoms with van der Waals surface area (Å²) in [6.45, 7) is 4.75. The van der Waals surface area contributed by atoms with Crippen LogP contribution in [0.4, 0.5) is 0 Å². The van der Waals surface area contributed by atoms with Gasteiger partial charge in [0.25, 0.3) is 0 Å². The summed E-state index contributed by atoms with van der Waals surface area (Å²) in [6.07, 6.45) is 0. The SMILES string of the molecule is Cc1ccc(-c2cc(-c3ccc(C)cc3)n(Cc3ccc(Cl)cc3Cl)n2)cc1. The maximum Gasteiger partial charge on any atom is 0.0929 e. The van der Waals surface area contributed by atoms with E-state index in [1.165, 1.54) is 11.1 Å². The molecule has 0 spiro atoms. The minimum Gasteiger partial charge on any atom is -0.260 e. The Morgan fingerprint density at radius 1 is 0.750 bits per heavy atom. The highest BCUT2D eigenvalue weighted by Crippen LogP contribution is 2.29. The van der Waals surface area contributed by atoms with Gasteiger partial charge in [0.05, 0.1) is 17.9 Å². The summed E-state index contributed by atoms with van der Waals surface area (Å²) >= 11 is 12.5. The molecule has 0 saturated carbocycles. The topological polar surface area (TPSA) is 17.8 Å². The van der Waals surface area contributed by atoms with Crippen LogP contribution in [0.2, 0.25) is 10.0 Å². The molecule has 140 valence electrons. The van der Waals surface area contributed by atoms with Crippen molar-refractivity contribution in [3.05, 3.63) is 99.5 Å². The van der Waals surface area contributed by atoms with E-state index in [0.717, 1.165) is 28.1 Å². The quantitative estimate of drug-likeness (QED) is 0.350. The summed E-state index contributed by atoms with van der Waals surface area (Å²) in [7, 11) is 0. The van der Waals surface area contributed by atoms with Gasteiger partial charge in [-0.05, 0) is 43.2 Å². The van der Waals surface area contributed by atoms with Crippen molar-refractivity contribution >= 4 is 23.2 Å². The second-order valence-corrected chi connectivity index (χ2v) is 7.88. The number of nitrogens with zero attached hydrogens (tertiary/aromatic N) is 2. The molecule has 3 aromatic carbocycles. The Kier molecular flexibility index (Phi) is 5.25. The summed E-state index contributed by atoms with van der Waals surface area (Å²) < 4.78 is 2.01. The van der Waals surface area contributed by atoms with Crippen molar-refractivity contribution in [1.82, 2.24) is 9.78 Å². The Morgan fingerprint density at radius 2 is 1.36 bits per heavy atom. The third-order valence-corrected chi connectivity index (χ3v) is 5.40. The zero-order valence-electron chi connectivity index (χ0n) is 15.8. The molecule has 0 aliphatic rings. The average molecular weight is 407 g/mol. The van der Waals surface area contributed by atoms with Crippen LogP contribution in [0.3, 0.4) is 0 Å². The van der Waals surface area contributed by atoms with Crippen LogP contribution in [0, 0.1) is 13.8 Å². The molecule has 1 heterocycles. The van der Waals surface area contributed by atoms with Crippen LogP contribution in [-0.2, 0) is 6.54 Å². The third-order valence-electron chi connectivity index (χ3n) is 4.81. The van der Waals surface area contributed by atoms with E-state index in [1.54, 1.807) is 6.07 Å². The number of halogens is 2. The number of aromatic nitrogens is 2. The van der Waals surface area contributed by atoms with Crippen LogP contribution < -0.4 is 0 Å². The monoisotopic (exact) mass is 406 g/mol. The first kappa shape index (κ1) is 18.8. The Morgan fingerprint density at radius 3 is 1.96 bits per heavy atom. The van der Waals surface area contributed by atoms with Gasteiger partial charge in [0.1, 0.15) is 0 Å². The van der Waals surface area contributed by atoms with Crippen molar-refractivity contribution < 1.29 is 0 Å². The van der Waals surface area contributed by atoms with Gasteiger partial charge in [-0.15, -0.1) is 0 Å². The van der Waals surface area contributed by atoms with Crippen LogP contribution in [0.15, 0.2) is 72.8 Å². The minimum absolute atomic E-state index is 0.574. The summed E-state index contributed by atoms with van der Waals surface area (Å²) in [5, 5.41) is 6.17. The maximum absolute atomic E-state index is 6.41. The largest absolute Gasteiger partial charge is 0.260 e. The molecular weight excluding hydrogens is 387 g/mol. The van der Waals surface area contributed by atoms with Crippen molar-refractivity contribution in [2.24, 2.45) is 0 Å². The van der Waals surface area contributed by atoms with Gasteiger partial charge in [-0.3, -0.25) is 4.68 Å². The number of hydrogen-bond donors (Lipinski definition) is 0. The van der Waals surface area contributed by atoms with Gasteiger partial charge >= 0.3 is 0 Å². The Balaban J connectivity index is 1.80. The fraction of sp³-hybridized carbons (Fsp3) is 0.125. The van der Waals surface area contributed by atoms with Crippen molar-refractivity contribution in [1.29, 1.82) is 0 Å². The summed E-state index contributed by atoms with van der Waals surface area (Å²) in [4.78, 5) is 0. The molecule has 0 bridgehead atoms. The van der Waals surface area contributed by atoms with Gasteiger partial charge < -0.3 is 0 Å². The van der Waals surface area contributed by atoms with Gasteiger partial charge in [0.2, 0.25) is 0 Å². The third kappa shape index (κ3) is 3.99. The molecule has 0 atom stereocenters. The van der Waals surface area contributed by atoms with Crippen LogP contribution >= 0.6 is 23.2 Å². The zero-order valence-corrected chi connectivity index (χ0v) is 17.3. The summed E-state index contributed by atoms with van der Waals surface area (Å²) in [5.74, 6) is 0. The highest BCUT2D eigenvalue weighted by molar-refractivity contribution is 6.35. The lowest BCUT2D eigenvalue weighted by Gasteiger charge is -2.10. The molecule has 2 nitrogen and oxygen atoms in total. The Bertz CT molecular complexity index is 1110. The van der Waals surface area contributed by atoms with E-state index < -0.39 is 0 Å². The molecule has 0 fully saturated rings. The Labute approximate surface area is 175 Å². The normalized spacial score (nSPS) is 11.0. The fourth-order valence-electron chi connectivity index (χ4n) is 3.17. The lowest BCUT2D eigenvalue weighted by Crippen LogP contribution is -2.04. The molecule has 0 saturated heterocycles. The molecule has 1 aromatic heterocycles. The van der Waals surface area contributed by atoms with Gasteiger partial charge in [0.15, 0.2) is 0 Å². The fourth-order valence-corrected chi connectivity index (χ4v) is 3.64. The molecular formula is C24H20Cl2N2. The minimum atomic E-state index is 0.574. The predicted molar refractivity (Wildman–Crippen MR) is 118 cm³/mol. The van der Waals surface area contributed by atoms with Crippen molar-refractivity contribution in [3.8, 4) is 22.5 Å². The van der Waals surface area contributed by atoms with E-state index in [-0.39, 0.29) is 0 Å². The van der Waals surface area contributed by atoms with E-state index in [1.807, 2.05) is 16.8 Å². The second-order valence-electron chi connectivity index (χ2n) is 7.04. The molecule has 0 amide bonds. The number of hydrogen-bond acceptors (Lipinski definition) is 1. The van der Waals surface area contributed by atoms with E-state index in [0.29, 0.717) is 16.6 Å². The zero-order chi connectivity index (χ0) is 19.7. The lowest BCUT2D eigenvalue weighted by molar-refractivity contribution is 0.697. The van der Waals surface area contributed by atoms with Crippen molar-refractivity contribution in [2.45, 2.75) is 20.4 Å². The second kappa shape index (κ2) is 7.83. The van der Waals surface area contributed by atoms with E-state index >= 15 is 0 Å². The van der Waals surface area contributed by atoms with Crippen LogP contribution in [0.1, 0.15) is 16.7 Å². The first-order chi connectivity index (χ1) is 13.5. The molecule has 4 heteroatoms. The average Bonchev–Trinajstić information content (AvgIpc) is 3.09. The van der Waals surface area contributed by atoms with Crippen molar-refractivity contribution in [3.63, 3.8) is 0 Å². The Hall–Kier alpha value is -2.55. The highest BCUT2D eigenvalue weighted by Gasteiger charge is 2.13. The van der Waals surface area contributed by atoms with E-state index in [2.05, 4.69) is 68.4 Å². The molecule has 0 N–H and O–H groups in total. The summed E-state index contributed by atoms with van der Waals surface area (Å²) in [6, 6.07) is 24.7. The smallest absolute Gasteiger partial charge is 0.0929 e. The van der Waals surface area contributed by atoms with Gasteiger partial charge in [-0.1, -0.05) is 88.9 Å². The number of rotatable bonds is 4. The molecule has 0 radical (unpaired) electrons.